The second kappa shape index (κ2) is 9.38. The summed E-state index contributed by atoms with van der Waals surface area (Å²) in [4.78, 5) is 47.7. The molecule has 0 bridgehead atoms. The predicted molar refractivity (Wildman–Crippen MR) is 108 cm³/mol. The zero-order valence-corrected chi connectivity index (χ0v) is 16.8. The van der Waals surface area contributed by atoms with Gasteiger partial charge in [-0.15, -0.1) is 0 Å². The summed E-state index contributed by atoms with van der Waals surface area (Å²) in [7, 11) is 0. The van der Waals surface area contributed by atoms with Gasteiger partial charge in [-0.25, -0.2) is 0 Å². The van der Waals surface area contributed by atoms with E-state index in [1.165, 1.54) is 0 Å². The Hall–Kier alpha value is -3.43. The Kier molecular flexibility index (Phi) is 6.65. The van der Waals surface area contributed by atoms with E-state index in [-0.39, 0.29) is 24.9 Å². The van der Waals surface area contributed by atoms with Crippen LogP contribution in [0.25, 0.3) is 10.9 Å². The minimum absolute atomic E-state index is 0.0565. The van der Waals surface area contributed by atoms with Gasteiger partial charge in [-0.2, -0.15) is 5.10 Å². The number of para-hydroxylation sites is 1. The number of carbonyl (C=O) groups is 4. The van der Waals surface area contributed by atoms with Crippen molar-refractivity contribution in [2.45, 2.75) is 32.2 Å². The highest BCUT2D eigenvalue weighted by Crippen LogP contribution is 2.32. The van der Waals surface area contributed by atoms with E-state index in [0.717, 1.165) is 29.4 Å². The summed E-state index contributed by atoms with van der Waals surface area (Å²) < 4.78 is 1.62. The van der Waals surface area contributed by atoms with Gasteiger partial charge in [-0.1, -0.05) is 18.2 Å². The first-order valence-electron chi connectivity index (χ1n) is 9.81. The van der Waals surface area contributed by atoms with Crippen molar-refractivity contribution < 1.29 is 24.3 Å². The number of aliphatic carboxylic acids is 1. The molecule has 2 aromatic rings. The number of carboxylic acids is 1. The zero-order chi connectivity index (χ0) is 21.7. The molecule has 0 aliphatic carbocycles. The molecular weight excluding hydrogens is 390 g/mol. The predicted octanol–water partition coefficient (Wildman–Crippen LogP) is 0.0792. The highest BCUT2D eigenvalue weighted by Gasteiger charge is 2.26. The molecule has 0 spiro atoms. The molecule has 3 amide bonds. The van der Waals surface area contributed by atoms with Crippen molar-refractivity contribution in [1.29, 1.82) is 0 Å². The smallest absolute Gasteiger partial charge is 0.322 e. The van der Waals surface area contributed by atoms with Crippen LogP contribution in [0.2, 0.25) is 0 Å². The van der Waals surface area contributed by atoms with Gasteiger partial charge in [0, 0.05) is 31.3 Å². The molecule has 1 fully saturated rings. The van der Waals surface area contributed by atoms with Crippen LogP contribution in [-0.4, -0.2) is 69.7 Å². The molecule has 3 rings (SSSR count). The average molecular weight is 415 g/mol. The molecule has 10 heteroatoms. The standard InChI is InChI=1S/C20H25N5O5/c1-13(26)24-8-6-14(7-9-24)20-15-4-2-3-5-16(15)25(23-20)12-18(28)21-10-17(27)22-11-19(29)30/h2-5,14H,6-12H2,1H3,(H,21,28)(H,22,27)(H,29,30). The number of aromatic nitrogens is 2. The van der Waals surface area contributed by atoms with Crippen LogP contribution in [0.5, 0.6) is 0 Å². The molecule has 1 aliphatic heterocycles. The lowest BCUT2D eigenvalue weighted by Crippen LogP contribution is -2.40. The Morgan fingerprint density at radius 2 is 1.73 bits per heavy atom. The number of rotatable bonds is 7. The van der Waals surface area contributed by atoms with E-state index in [1.54, 1.807) is 11.6 Å². The third kappa shape index (κ3) is 5.13. The summed E-state index contributed by atoms with van der Waals surface area (Å²) in [6, 6.07) is 7.67. The van der Waals surface area contributed by atoms with Crippen LogP contribution in [-0.2, 0) is 25.7 Å². The van der Waals surface area contributed by atoms with Gasteiger partial charge in [-0.3, -0.25) is 23.9 Å². The number of nitrogens with zero attached hydrogens (tertiary/aromatic N) is 3. The maximum atomic E-state index is 12.3. The monoisotopic (exact) mass is 415 g/mol. The summed E-state index contributed by atoms with van der Waals surface area (Å²) in [6.45, 7) is 2.09. The first-order chi connectivity index (χ1) is 14.3. The van der Waals surface area contributed by atoms with Gasteiger partial charge < -0.3 is 20.6 Å². The van der Waals surface area contributed by atoms with Crippen molar-refractivity contribution >= 4 is 34.6 Å². The van der Waals surface area contributed by atoms with Crippen molar-refractivity contribution in [2.75, 3.05) is 26.2 Å². The molecule has 1 aromatic carbocycles. The van der Waals surface area contributed by atoms with Crippen molar-refractivity contribution in [3.8, 4) is 0 Å². The number of hydrogen-bond donors (Lipinski definition) is 3. The molecule has 0 saturated carbocycles. The molecule has 3 N–H and O–H groups in total. The number of fused-ring (bicyclic) bond motifs is 1. The second-order valence-electron chi connectivity index (χ2n) is 7.29. The SMILES string of the molecule is CC(=O)N1CCC(c2nn(CC(=O)NCC(=O)NCC(=O)O)c3ccccc23)CC1. The Labute approximate surface area is 173 Å². The van der Waals surface area contributed by atoms with Crippen molar-refractivity contribution in [3.05, 3.63) is 30.0 Å². The number of hydrogen-bond acceptors (Lipinski definition) is 5. The van der Waals surface area contributed by atoms with E-state index >= 15 is 0 Å². The van der Waals surface area contributed by atoms with Gasteiger partial charge in [0.1, 0.15) is 13.1 Å². The summed E-state index contributed by atoms with van der Waals surface area (Å²) >= 11 is 0. The van der Waals surface area contributed by atoms with Gasteiger partial charge in [0.05, 0.1) is 17.8 Å². The Balaban J connectivity index is 1.67. The number of carboxylic acid groups (broad SMARTS) is 1. The lowest BCUT2D eigenvalue weighted by atomic mass is 9.91. The van der Waals surface area contributed by atoms with E-state index in [4.69, 9.17) is 5.11 Å². The number of benzene rings is 1. The van der Waals surface area contributed by atoms with Crippen molar-refractivity contribution in [2.24, 2.45) is 0 Å². The van der Waals surface area contributed by atoms with Gasteiger partial charge >= 0.3 is 5.97 Å². The molecule has 0 atom stereocenters. The fraction of sp³-hybridized carbons (Fsp3) is 0.450. The number of piperidine rings is 1. The fourth-order valence-electron chi connectivity index (χ4n) is 3.65. The lowest BCUT2D eigenvalue weighted by molar-refractivity contribution is -0.137. The van der Waals surface area contributed by atoms with Crippen LogP contribution >= 0.6 is 0 Å². The van der Waals surface area contributed by atoms with Crippen LogP contribution in [0.1, 0.15) is 31.4 Å². The number of likely N-dealkylation sites (tertiary alicyclic amines) is 1. The Bertz CT molecular complexity index is 962. The minimum Gasteiger partial charge on any atom is -0.480 e. The van der Waals surface area contributed by atoms with E-state index in [2.05, 4.69) is 15.7 Å². The van der Waals surface area contributed by atoms with Crippen LogP contribution in [0, 0.1) is 0 Å². The van der Waals surface area contributed by atoms with Gasteiger partial charge in [-0.05, 0) is 18.9 Å². The molecular formula is C20H25N5O5. The third-order valence-electron chi connectivity index (χ3n) is 5.19. The average Bonchev–Trinajstić information content (AvgIpc) is 3.09. The lowest BCUT2D eigenvalue weighted by Gasteiger charge is -2.30. The molecule has 30 heavy (non-hydrogen) atoms. The Morgan fingerprint density at radius 1 is 1.07 bits per heavy atom. The maximum Gasteiger partial charge on any atom is 0.322 e. The van der Waals surface area contributed by atoms with Crippen LogP contribution in [0.3, 0.4) is 0 Å². The first-order valence-corrected chi connectivity index (χ1v) is 9.81. The molecule has 2 heterocycles. The summed E-state index contributed by atoms with van der Waals surface area (Å²) in [5.41, 5.74) is 1.74. The highest BCUT2D eigenvalue weighted by atomic mass is 16.4. The number of amides is 3. The van der Waals surface area contributed by atoms with Gasteiger partial charge in [0.15, 0.2) is 0 Å². The van der Waals surface area contributed by atoms with Crippen LogP contribution < -0.4 is 10.6 Å². The first kappa shape index (κ1) is 21.3. The van der Waals surface area contributed by atoms with E-state index in [0.29, 0.717) is 13.1 Å². The summed E-state index contributed by atoms with van der Waals surface area (Å²) in [5.74, 6) is -1.84. The maximum absolute atomic E-state index is 12.3. The topological polar surface area (TPSA) is 134 Å². The number of carbonyl (C=O) groups excluding carboxylic acids is 3. The molecule has 160 valence electrons. The van der Waals surface area contributed by atoms with Crippen LogP contribution in [0.4, 0.5) is 0 Å². The van der Waals surface area contributed by atoms with Gasteiger partial charge in [0.25, 0.3) is 0 Å². The van der Waals surface area contributed by atoms with Gasteiger partial charge in [0.2, 0.25) is 17.7 Å². The number of nitrogens with one attached hydrogen (secondary N) is 2. The molecule has 1 aromatic heterocycles. The molecule has 0 radical (unpaired) electrons. The molecule has 10 nitrogen and oxygen atoms in total. The summed E-state index contributed by atoms with van der Waals surface area (Å²) in [6.07, 6.45) is 1.63. The van der Waals surface area contributed by atoms with Crippen LogP contribution in [0.15, 0.2) is 24.3 Å². The largest absolute Gasteiger partial charge is 0.480 e. The molecule has 1 saturated heterocycles. The fourth-order valence-corrected chi connectivity index (χ4v) is 3.65. The highest BCUT2D eigenvalue weighted by molar-refractivity contribution is 5.88. The minimum atomic E-state index is -1.15. The third-order valence-corrected chi connectivity index (χ3v) is 5.19. The second-order valence-corrected chi connectivity index (χ2v) is 7.29. The van der Waals surface area contributed by atoms with Crippen molar-refractivity contribution in [3.63, 3.8) is 0 Å². The summed E-state index contributed by atoms with van der Waals surface area (Å²) in [5, 5.41) is 18.9. The van der Waals surface area contributed by atoms with E-state index in [9.17, 15) is 19.2 Å². The zero-order valence-electron chi connectivity index (χ0n) is 16.8. The Morgan fingerprint density at radius 3 is 2.40 bits per heavy atom. The molecule has 0 unspecified atom stereocenters. The molecule has 1 aliphatic rings. The van der Waals surface area contributed by atoms with E-state index < -0.39 is 24.3 Å². The quantitative estimate of drug-likeness (QED) is 0.586. The van der Waals surface area contributed by atoms with Crippen molar-refractivity contribution in [1.82, 2.24) is 25.3 Å². The van der Waals surface area contributed by atoms with E-state index in [1.807, 2.05) is 29.2 Å². The normalized spacial score (nSPS) is 14.5.